The summed E-state index contributed by atoms with van der Waals surface area (Å²) in [5, 5.41) is 1.05. The Balaban J connectivity index is 1.53. The maximum Gasteiger partial charge on any atom is 0.282 e. The molecule has 1 saturated heterocycles. The van der Waals surface area contributed by atoms with E-state index >= 15 is 0 Å². The van der Waals surface area contributed by atoms with Crippen LogP contribution in [0.2, 0.25) is 5.28 Å². The number of nitrogens with zero attached hydrogens (tertiary/aromatic N) is 3. The highest BCUT2D eigenvalue weighted by atomic mass is 35.5. The molecule has 2 amide bonds. The van der Waals surface area contributed by atoms with Gasteiger partial charge in [-0.25, -0.2) is 9.99 Å². The molecule has 0 spiro atoms. The number of amides is 2. The molecule has 0 saturated carbocycles. The molecule has 144 valence electrons. The largest absolute Gasteiger partial charge is 0.436 e. The van der Waals surface area contributed by atoms with Gasteiger partial charge in [0.2, 0.25) is 11.1 Å². The van der Waals surface area contributed by atoms with Crippen molar-refractivity contribution in [2.45, 2.75) is 0 Å². The van der Waals surface area contributed by atoms with E-state index in [9.17, 15) is 14.0 Å². The first-order valence-corrected chi connectivity index (χ1v) is 8.77. The first-order valence-electron chi connectivity index (χ1n) is 8.39. The second-order valence-electron chi connectivity index (χ2n) is 5.94. The van der Waals surface area contributed by atoms with Crippen molar-refractivity contribution in [3.63, 3.8) is 0 Å². The Kier molecular flexibility index (Phi) is 4.92. The Labute approximate surface area is 169 Å². The van der Waals surface area contributed by atoms with Crippen molar-refractivity contribution in [1.82, 2.24) is 15.4 Å². The van der Waals surface area contributed by atoms with Crippen LogP contribution in [-0.2, 0) is 9.59 Å². The lowest BCUT2D eigenvalue weighted by atomic mass is 10.1. The fourth-order valence-corrected chi connectivity index (χ4v) is 2.76. The van der Waals surface area contributed by atoms with Crippen LogP contribution in [0.4, 0.5) is 10.1 Å². The number of anilines is 1. The summed E-state index contributed by atoms with van der Waals surface area (Å²) in [5.74, 6) is -1.72. The van der Waals surface area contributed by atoms with E-state index in [1.165, 1.54) is 11.1 Å². The molecule has 4 rings (SSSR count). The minimum absolute atomic E-state index is 0.00357. The highest BCUT2D eigenvalue weighted by molar-refractivity contribution is 6.31. The van der Waals surface area contributed by atoms with Crippen LogP contribution in [0.25, 0.3) is 6.08 Å². The first kappa shape index (κ1) is 18.6. The fraction of sp³-hybridized carbons (Fsp3) is 0. The van der Waals surface area contributed by atoms with Crippen LogP contribution in [0, 0.1) is 5.82 Å². The topological polar surface area (TPSA) is 84.4 Å². The standard InChI is InChI=1S/C20H12ClFN4O3/c21-20-23-11-16(22)18(24-20)29-14-8-6-12(7-9-14)10-15-17(27)25-26(19(15)28)13-4-2-1-3-5-13/h1-11H,(H,25,27). The molecule has 1 aliphatic heterocycles. The Hall–Kier alpha value is -3.78. The maximum absolute atomic E-state index is 13.7. The van der Waals surface area contributed by atoms with Crippen molar-refractivity contribution in [3.05, 3.63) is 83.0 Å². The molecule has 0 aliphatic carbocycles. The second-order valence-corrected chi connectivity index (χ2v) is 6.28. The van der Waals surface area contributed by atoms with E-state index in [1.54, 1.807) is 48.5 Å². The molecule has 3 aromatic rings. The zero-order valence-corrected chi connectivity index (χ0v) is 15.4. The van der Waals surface area contributed by atoms with E-state index in [0.717, 1.165) is 6.20 Å². The zero-order chi connectivity index (χ0) is 20.4. The second kappa shape index (κ2) is 7.69. The average Bonchev–Trinajstić information content (AvgIpc) is 3.01. The van der Waals surface area contributed by atoms with E-state index in [2.05, 4.69) is 15.4 Å². The summed E-state index contributed by atoms with van der Waals surface area (Å²) < 4.78 is 19.0. The summed E-state index contributed by atoms with van der Waals surface area (Å²) >= 11 is 5.64. The van der Waals surface area contributed by atoms with Gasteiger partial charge >= 0.3 is 0 Å². The van der Waals surface area contributed by atoms with E-state index in [1.807, 2.05) is 6.07 Å². The number of para-hydroxylation sites is 1. The number of hydrogen-bond acceptors (Lipinski definition) is 5. The molecule has 1 N–H and O–H groups in total. The summed E-state index contributed by atoms with van der Waals surface area (Å²) in [6.45, 7) is 0. The van der Waals surface area contributed by atoms with Gasteiger partial charge in [-0.1, -0.05) is 30.3 Å². The zero-order valence-electron chi connectivity index (χ0n) is 14.7. The monoisotopic (exact) mass is 410 g/mol. The molecular weight excluding hydrogens is 399 g/mol. The number of nitrogens with one attached hydrogen (secondary N) is 1. The van der Waals surface area contributed by atoms with Gasteiger partial charge in [-0.2, -0.15) is 9.37 Å². The lowest BCUT2D eigenvalue weighted by Crippen LogP contribution is -2.35. The van der Waals surface area contributed by atoms with Gasteiger partial charge in [0.25, 0.3) is 17.7 Å². The van der Waals surface area contributed by atoms with E-state index in [4.69, 9.17) is 16.3 Å². The normalized spacial score (nSPS) is 15.0. The van der Waals surface area contributed by atoms with Gasteiger partial charge in [-0.15, -0.1) is 0 Å². The van der Waals surface area contributed by atoms with Crippen molar-refractivity contribution in [1.29, 1.82) is 0 Å². The van der Waals surface area contributed by atoms with Crippen LogP contribution in [-0.4, -0.2) is 21.8 Å². The molecule has 0 radical (unpaired) electrons. The number of rotatable bonds is 4. The number of halogens is 2. The van der Waals surface area contributed by atoms with Gasteiger partial charge in [0.05, 0.1) is 11.9 Å². The average molecular weight is 411 g/mol. The van der Waals surface area contributed by atoms with Crippen molar-refractivity contribution < 1.29 is 18.7 Å². The van der Waals surface area contributed by atoms with E-state index in [-0.39, 0.29) is 16.7 Å². The van der Waals surface area contributed by atoms with Crippen molar-refractivity contribution in [2.24, 2.45) is 0 Å². The van der Waals surface area contributed by atoms with Gasteiger partial charge in [-0.3, -0.25) is 15.0 Å². The summed E-state index contributed by atoms with van der Waals surface area (Å²) in [4.78, 5) is 32.0. The van der Waals surface area contributed by atoms with Crippen molar-refractivity contribution in [3.8, 4) is 11.6 Å². The summed E-state index contributed by atoms with van der Waals surface area (Å²) in [6.07, 6.45) is 2.37. The number of carbonyl (C=O) groups excluding carboxylic acids is 2. The first-order chi connectivity index (χ1) is 14.0. The number of hydrogen-bond donors (Lipinski definition) is 1. The summed E-state index contributed by atoms with van der Waals surface area (Å²) in [7, 11) is 0. The highest BCUT2D eigenvalue weighted by Gasteiger charge is 2.34. The SMILES string of the molecule is O=C1NN(c2ccccc2)C(=O)C1=Cc1ccc(Oc2nc(Cl)ncc2F)cc1. The third-order valence-corrected chi connectivity index (χ3v) is 4.18. The van der Waals surface area contributed by atoms with Crippen molar-refractivity contribution in [2.75, 3.05) is 5.01 Å². The van der Waals surface area contributed by atoms with Crippen LogP contribution < -0.4 is 15.2 Å². The molecule has 0 bridgehead atoms. The smallest absolute Gasteiger partial charge is 0.282 e. The lowest BCUT2D eigenvalue weighted by molar-refractivity contribution is -0.117. The van der Waals surface area contributed by atoms with Gasteiger partial charge in [0.15, 0.2) is 0 Å². The van der Waals surface area contributed by atoms with Crippen molar-refractivity contribution >= 4 is 35.2 Å². The summed E-state index contributed by atoms with van der Waals surface area (Å²) in [5.41, 5.74) is 3.67. The van der Waals surface area contributed by atoms with E-state index < -0.39 is 17.6 Å². The van der Waals surface area contributed by atoms with Crippen LogP contribution in [0.3, 0.4) is 0 Å². The maximum atomic E-state index is 13.7. The number of ether oxygens (including phenoxy) is 1. The quantitative estimate of drug-likeness (QED) is 0.404. The predicted molar refractivity (Wildman–Crippen MR) is 104 cm³/mol. The highest BCUT2D eigenvalue weighted by Crippen LogP contribution is 2.25. The van der Waals surface area contributed by atoms with E-state index in [0.29, 0.717) is 17.0 Å². The lowest BCUT2D eigenvalue weighted by Gasteiger charge is -2.13. The molecular formula is C20H12ClFN4O3. The molecule has 29 heavy (non-hydrogen) atoms. The number of hydrazine groups is 1. The van der Waals surface area contributed by atoms with Crippen LogP contribution in [0.15, 0.2) is 66.4 Å². The molecule has 1 fully saturated rings. The Morgan fingerprint density at radius 1 is 1.07 bits per heavy atom. The molecule has 9 heteroatoms. The molecule has 2 aromatic carbocycles. The molecule has 1 aliphatic rings. The molecule has 1 aromatic heterocycles. The number of aromatic nitrogens is 2. The third kappa shape index (κ3) is 3.92. The minimum atomic E-state index is -0.755. The minimum Gasteiger partial charge on any atom is -0.436 e. The molecule has 0 atom stereocenters. The van der Waals surface area contributed by atoms with Gasteiger partial charge in [-0.05, 0) is 47.5 Å². The number of benzene rings is 2. The van der Waals surface area contributed by atoms with Crippen LogP contribution in [0.1, 0.15) is 5.56 Å². The van der Waals surface area contributed by atoms with Crippen LogP contribution >= 0.6 is 11.6 Å². The number of carbonyl (C=O) groups is 2. The van der Waals surface area contributed by atoms with Gasteiger partial charge < -0.3 is 4.74 Å². The van der Waals surface area contributed by atoms with Gasteiger partial charge in [0.1, 0.15) is 11.3 Å². The summed E-state index contributed by atoms with van der Waals surface area (Å²) in [6, 6.07) is 15.1. The van der Waals surface area contributed by atoms with Crippen LogP contribution in [0.5, 0.6) is 11.6 Å². The van der Waals surface area contributed by atoms with Gasteiger partial charge in [0, 0.05) is 0 Å². The molecule has 0 unspecified atom stereocenters. The predicted octanol–water partition coefficient (Wildman–Crippen LogP) is 3.52. The Morgan fingerprint density at radius 3 is 2.52 bits per heavy atom. The molecule has 2 heterocycles. The fourth-order valence-electron chi connectivity index (χ4n) is 2.63. The Morgan fingerprint density at radius 2 is 1.79 bits per heavy atom. The Bertz CT molecular complexity index is 1120. The molecule has 7 nitrogen and oxygen atoms in total. The third-order valence-electron chi connectivity index (χ3n) is 3.99.